The Morgan fingerprint density at radius 3 is 2.38 bits per heavy atom. The Hall–Kier alpha value is -1.81. The standard InChI is InChI=1S/C21H33N5O2.HI/c1-7-22-20(24-15-19(28-6)21(2,3)4)23-14-16-12-13-26(25-16)17-8-10-18(27-5)11-9-17;/h8-13,19H,7,14-15H2,1-6H3,(H2,22,23,24);1H. The third kappa shape index (κ3) is 7.85. The van der Waals surface area contributed by atoms with Crippen LogP contribution in [0.1, 0.15) is 33.4 Å². The van der Waals surface area contributed by atoms with Gasteiger partial charge in [-0.25, -0.2) is 9.67 Å². The zero-order valence-electron chi connectivity index (χ0n) is 18.2. The quantitative estimate of drug-likeness (QED) is 0.319. The highest BCUT2D eigenvalue weighted by atomic mass is 127. The molecular formula is C21H34IN5O2. The van der Waals surface area contributed by atoms with Crippen molar-refractivity contribution >= 4 is 29.9 Å². The first-order valence-corrected chi connectivity index (χ1v) is 9.61. The van der Waals surface area contributed by atoms with Crippen molar-refractivity contribution in [3.05, 3.63) is 42.2 Å². The molecule has 2 N–H and O–H groups in total. The number of nitrogens with one attached hydrogen (secondary N) is 2. The molecule has 29 heavy (non-hydrogen) atoms. The monoisotopic (exact) mass is 515 g/mol. The van der Waals surface area contributed by atoms with E-state index in [-0.39, 0.29) is 35.5 Å². The number of hydrogen-bond donors (Lipinski definition) is 2. The SMILES string of the molecule is CCNC(=NCc1ccn(-c2ccc(OC)cc2)n1)NCC(OC)C(C)(C)C.I. The molecule has 0 bridgehead atoms. The van der Waals surface area contributed by atoms with Crippen LogP contribution in [0.5, 0.6) is 5.75 Å². The fraction of sp³-hybridized carbons (Fsp3) is 0.524. The Labute approximate surface area is 191 Å². The minimum Gasteiger partial charge on any atom is -0.497 e. The summed E-state index contributed by atoms with van der Waals surface area (Å²) in [7, 11) is 3.40. The molecule has 8 heteroatoms. The summed E-state index contributed by atoms with van der Waals surface area (Å²) in [4.78, 5) is 4.65. The summed E-state index contributed by atoms with van der Waals surface area (Å²) in [5, 5.41) is 11.2. The van der Waals surface area contributed by atoms with Gasteiger partial charge >= 0.3 is 0 Å². The lowest BCUT2D eigenvalue weighted by Gasteiger charge is -2.30. The minimum absolute atomic E-state index is 0. The first-order valence-electron chi connectivity index (χ1n) is 9.61. The molecule has 1 heterocycles. The van der Waals surface area contributed by atoms with E-state index >= 15 is 0 Å². The Kier molecular flexibility index (Phi) is 10.5. The van der Waals surface area contributed by atoms with Crippen LogP contribution in [0.25, 0.3) is 5.69 Å². The van der Waals surface area contributed by atoms with E-state index in [9.17, 15) is 0 Å². The Balaban J connectivity index is 0.00000420. The summed E-state index contributed by atoms with van der Waals surface area (Å²) in [5.74, 6) is 1.58. The number of guanidine groups is 1. The molecule has 162 valence electrons. The maximum absolute atomic E-state index is 5.60. The van der Waals surface area contributed by atoms with E-state index in [2.05, 4.69) is 41.5 Å². The number of aliphatic imine (C=N–C) groups is 1. The van der Waals surface area contributed by atoms with Gasteiger partial charge in [0.25, 0.3) is 0 Å². The number of methoxy groups -OCH3 is 2. The molecule has 0 aliphatic carbocycles. The van der Waals surface area contributed by atoms with E-state index in [1.807, 2.05) is 48.1 Å². The lowest BCUT2D eigenvalue weighted by atomic mass is 9.89. The van der Waals surface area contributed by atoms with Crippen molar-refractivity contribution in [2.45, 2.75) is 40.3 Å². The molecule has 0 saturated carbocycles. The van der Waals surface area contributed by atoms with Crippen molar-refractivity contribution in [1.29, 1.82) is 0 Å². The molecule has 0 amide bonds. The van der Waals surface area contributed by atoms with Gasteiger partial charge in [0, 0.05) is 26.4 Å². The topological polar surface area (TPSA) is 72.7 Å². The molecular weight excluding hydrogens is 481 g/mol. The summed E-state index contributed by atoms with van der Waals surface area (Å²) in [6.07, 6.45) is 2.03. The number of halogens is 1. The van der Waals surface area contributed by atoms with Gasteiger partial charge in [-0.3, -0.25) is 0 Å². The zero-order valence-corrected chi connectivity index (χ0v) is 20.6. The van der Waals surface area contributed by atoms with Gasteiger partial charge in [0.15, 0.2) is 5.96 Å². The van der Waals surface area contributed by atoms with Gasteiger partial charge in [0.1, 0.15) is 5.75 Å². The van der Waals surface area contributed by atoms with Crippen LogP contribution in [0, 0.1) is 5.41 Å². The average Bonchev–Trinajstić information content (AvgIpc) is 3.14. The molecule has 0 spiro atoms. The number of hydrogen-bond acceptors (Lipinski definition) is 4. The van der Waals surface area contributed by atoms with Gasteiger partial charge < -0.3 is 20.1 Å². The van der Waals surface area contributed by atoms with Crippen molar-refractivity contribution in [2.24, 2.45) is 10.4 Å². The smallest absolute Gasteiger partial charge is 0.191 e. The van der Waals surface area contributed by atoms with Crippen LogP contribution in [0.2, 0.25) is 0 Å². The summed E-state index contributed by atoms with van der Waals surface area (Å²) in [6, 6.07) is 9.77. The van der Waals surface area contributed by atoms with Crippen LogP contribution >= 0.6 is 24.0 Å². The number of ether oxygens (including phenoxy) is 2. The normalized spacial score (nSPS) is 12.8. The van der Waals surface area contributed by atoms with E-state index in [0.717, 1.165) is 29.6 Å². The van der Waals surface area contributed by atoms with Crippen LogP contribution in [-0.2, 0) is 11.3 Å². The maximum Gasteiger partial charge on any atom is 0.191 e. The van der Waals surface area contributed by atoms with Gasteiger partial charge in [0.05, 0.1) is 31.1 Å². The predicted molar refractivity (Wildman–Crippen MR) is 129 cm³/mol. The highest BCUT2D eigenvalue weighted by Crippen LogP contribution is 2.21. The molecule has 0 aliphatic heterocycles. The largest absolute Gasteiger partial charge is 0.497 e. The van der Waals surface area contributed by atoms with E-state index in [4.69, 9.17) is 9.47 Å². The maximum atomic E-state index is 5.60. The van der Waals surface area contributed by atoms with E-state index in [1.165, 1.54) is 0 Å². The second kappa shape index (κ2) is 12.0. The third-order valence-corrected chi connectivity index (χ3v) is 4.43. The van der Waals surface area contributed by atoms with Crippen molar-refractivity contribution in [2.75, 3.05) is 27.3 Å². The molecule has 0 fully saturated rings. The lowest BCUT2D eigenvalue weighted by molar-refractivity contribution is 0.0205. The molecule has 0 aliphatic rings. The molecule has 1 aromatic heterocycles. The second-order valence-corrected chi connectivity index (χ2v) is 7.62. The van der Waals surface area contributed by atoms with Crippen LogP contribution in [0.4, 0.5) is 0 Å². The summed E-state index contributed by atoms with van der Waals surface area (Å²) >= 11 is 0. The summed E-state index contributed by atoms with van der Waals surface area (Å²) < 4.78 is 12.6. The van der Waals surface area contributed by atoms with Crippen LogP contribution in [0.3, 0.4) is 0 Å². The Bertz CT molecular complexity index is 753. The predicted octanol–water partition coefficient (Wildman–Crippen LogP) is 3.62. The highest BCUT2D eigenvalue weighted by Gasteiger charge is 2.24. The molecule has 2 aromatic rings. The van der Waals surface area contributed by atoms with Crippen molar-refractivity contribution in [3.8, 4) is 11.4 Å². The van der Waals surface area contributed by atoms with Gasteiger partial charge in [-0.15, -0.1) is 24.0 Å². The van der Waals surface area contributed by atoms with Gasteiger partial charge in [-0.05, 0) is 42.7 Å². The average molecular weight is 515 g/mol. The fourth-order valence-corrected chi connectivity index (χ4v) is 2.76. The number of rotatable bonds is 8. The first-order chi connectivity index (χ1) is 13.4. The molecule has 0 radical (unpaired) electrons. The highest BCUT2D eigenvalue weighted by molar-refractivity contribution is 14.0. The minimum atomic E-state index is 0. The zero-order chi connectivity index (χ0) is 20.6. The number of benzene rings is 1. The van der Waals surface area contributed by atoms with E-state index < -0.39 is 0 Å². The molecule has 1 aromatic carbocycles. The van der Waals surface area contributed by atoms with Crippen LogP contribution in [0.15, 0.2) is 41.5 Å². The third-order valence-electron chi connectivity index (χ3n) is 4.43. The number of nitrogens with zero attached hydrogens (tertiary/aromatic N) is 3. The molecule has 2 rings (SSSR count). The summed E-state index contributed by atoms with van der Waals surface area (Å²) in [6.45, 7) is 10.5. The van der Waals surface area contributed by atoms with Crippen molar-refractivity contribution in [1.82, 2.24) is 20.4 Å². The number of aromatic nitrogens is 2. The fourth-order valence-electron chi connectivity index (χ4n) is 2.76. The Morgan fingerprint density at radius 1 is 1.14 bits per heavy atom. The van der Waals surface area contributed by atoms with Gasteiger partial charge in [0.2, 0.25) is 0 Å². The molecule has 1 unspecified atom stereocenters. The Morgan fingerprint density at radius 2 is 1.83 bits per heavy atom. The molecule has 1 atom stereocenters. The second-order valence-electron chi connectivity index (χ2n) is 7.62. The van der Waals surface area contributed by atoms with Crippen molar-refractivity contribution in [3.63, 3.8) is 0 Å². The van der Waals surface area contributed by atoms with Crippen LogP contribution < -0.4 is 15.4 Å². The summed E-state index contributed by atoms with van der Waals surface area (Å²) in [5.41, 5.74) is 1.93. The lowest BCUT2D eigenvalue weighted by Crippen LogP contribution is -2.45. The molecule has 0 saturated heterocycles. The molecule has 7 nitrogen and oxygen atoms in total. The van der Waals surface area contributed by atoms with E-state index in [0.29, 0.717) is 13.1 Å². The van der Waals surface area contributed by atoms with Gasteiger partial charge in [-0.2, -0.15) is 5.10 Å². The van der Waals surface area contributed by atoms with Crippen LogP contribution in [-0.4, -0.2) is 49.2 Å². The first kappa shape index (κ1) is 25.2. The van der Waals surface area contributed by atoms with Crippen molar-refractivity contribution < 1.29 is 9.47 Å². The van der Waals surface area contributed by atoms with E-state index in [1.54, 1.807) is 14.2 Å². The van der Waals surface area contributed by atoms with Gasteiger partial charge in [-0.1, -0.05) is 20.8 Å².